The van der Waals surface area contributed by atoms with Crippen LogP contribution in [0, 0.1) is 0 Å². The van der Waals surface area contributed by atoms with Crippen LogP contribution in [0.2, 0.25) is 0 Å². The largest absolute Gasteiger partial charge is 0.329 e. The van der Waals surface area contributed by atoms with Crippen LogP contribution in [0.3, 0.4) is 0 Å². The molecule has 36 valence electrons. The molecule has 6 heavy (non-hydrogen) atoms. The van der Waals surface area contributed by atoms with Gasteiger partial charge < -0.3 is 5.73 Å². The van der Waals surface area contributed by atoms with Crippen LogP contribution in [0.15, 0.2) is 0 Å². The summed E-state index contributed by atoms with van der Waals surface area (Å²) in [5.74, 6) is 0. The fraction of sp³-hybridized carbons (Fsp3) is 1.00. The quantitative estimate of drug-likeness (QED) is 0.551. The van der Waals surface area contributed by atoms with E-state index >= 15 is 0 Å². The van der Waals surface area contributed by atoms with E-state index in [2.05, 4.69) is 15.9 Å². The first-order valence-electron chi connectivity index (χ1n) is 2.16. The van der Waals surface area contributed by atoms with E-state index in [0.29, 0.717) is 4.32 Å². The van der Waals surface area contributed by atoms with E-state index in [-0.39, 0.29) is 0 Å². The summed E-state index contributed by atoms with van der Waals surface area (Å²) in [5, 5.41) is 0. The highest BCUT2D eigenvalue weighted by Crippen LogP contribution is 2.42. The number of halogens is 1. The van der Waals surface area contributed by atoms with E-state index in [1.165, 1.54) is 12.8 Å². The first kappa shape index (κ1) is 4.60. The standard InChI is InChI=1S/C4H8BrN/c5-4(3-6)1-2-4/h1-3,6H2. The summed E-state index contributed by atoms with van der Waals surface area (Å²) in [5.41, 5.74) is 5.32. The Hall–Kier alpha value is 0.440. The third-order valence-corrected chi connectivity index (χ3v) is 2.28. The summed E-state index contributed by atoms with van der Waals surface area (Å²) in [4.78, 5) is 0. The lowest BCUT2D eigenvalue weighted by atomic mass is 10.4. The van der Waals surface area contributed by atoms with Gasteiger partial charge in [-0.25, -0.2) is 0 Å². The Balaban J connectivity index is 2.28. The van der Waals surface area contributed by atoms with Gasteiger partial charge in [0.25, 0.3) is 0 Å². The molecule has 0 bridgehead atoms. The molecule has 0 heterocycles. The zero-order chi connectivity index (χ0) is 4.62. The van der Waals surface area contributed by atoms with Crippen LogP contribution >= 0.6 is 15.9 Å². The average molecular weight is 150 g/mol. The molecule has 0 aromatic heterocycles. The monoisotopic (exact) mass is 149 g/mol. The lowest BCUT2D eigenvalue weighted by Gasteiger charge is -1.94. The maximum Gasteiger partial charge on any atom is 0.0381 e. The van der Waals surface area contributed by atoms with E-state index in [1.807, 2.05) is 0 Å². The fourth-order valence-corrected chi connectivity index (χ4v) is 0.538. The predicted octanol–water partition coefficient (Wildman–Crippen LogP) is 0.873. The third kappa shape index (κ3) is 0.738. The molecule has 1 aliphatic carbocycles. The van der Waals surface area contributed by atoms with Gasteiger partial charge in [0, 0.05) is 10.9 Å². The number of hydrogen-bond acceptors (Lipinski definition) is 1. The Morgan fingerprint density at radius 2 is 2.17 bits per heavy atom. The maximum absolute atomic E-state index is 5.32. The molecule has 0 aromatic rings. The summed E-state index contributed by atoms with van der Waals surface area (Å²) >= 11 is 3.46. The van der Waals surface area contributed by atoms with E-state index in [4.69, 9.17) is 5.73 Å². The Labute approximate surface area is 46.0 Å². The summed E-state index contributed by atoms with van der Waals surface area (Å²) in [7, 11) is 0. The lowest BCUT2D eigenvalue weighted by molar-refractivity contribution is 0.918. The molecule has 0 spiro atoms. The van der Waals surface area contributed by atoms with Gasteiger partial charge in [0.1, 0.15) is 0 Å². The van der Waals surface area contributed by atoms with Crippen molar-refractivity contribution in [3.05, 3.63) is 0 Å². The zero-order valence-corrected chi connectivity index (χ0v) is 5.16. The molecule has 1 fully saturated rings. The molecule has 2 N–H and O–H groups in total. The molecule has 1 nitrogen and oxygen atoms in total. The normalized spacial score (nSPS) is 27.0. The Morgan fingerprint density at radius 3 is 2.17 bits per heavy atom. The first-order valence-corrected chi connectivity index (χ1v) is 2.95. The fourth-order valence-electron chi connectivity index (χ4n) is 0.340. The predicted molar refractivity (Wildman–Crippen MR) is 29.9 cm³/mol. The molecular formula is C4H8BrN. The summed E-state index contributed by atoms with van der Waals surface area (Å²) < 4.78 is 0.382. The van der Waals surface area contributed by atoms with Crippen LogP contribution in [0.5, 0.6) is 0 Å². The smallest absolute Gasteiger partial charge is 0.0381 e. The van der Waals surface area contributed by atoms with Gasteiger partial charge in [0.05, 0.1) is 0 Å². The molecule has 0 atom stereocenters. The Bertz CT molecular complexity index is 58.6. The molecule has 0 aromatic carbocycles. The van der Waals surface area contributed by atoms with Crippen molar-refractivity contribution in [1.82, 2.24) is 0 Å². The number of hydrogen-bond donors (Lipinski definition) is 1. The topological polar surface area (TPSA) is 26.0 Å². The minimum absolute atomic E-state index is 0.382. The highest BCUT2D eigenvalue weighted by Gasteiger charge is 2.37. The number of alkyl halides is 1. The van der Waals surface area contributed by atoms with Gasteiger partial charge in [0.15, 0.2) is 0 Å². The highest BCUT2D eigenvalue weighted by molar-refractivity contribution is 9.10. The van der Waals surface area contributed by atoms with Crippen molar-refractivity contribution in [3.8, 4) is 0 Å². The van der Waals surface area contributed by atoms with Crippen LogP contribution in [-0.2, 0) is 0 Å². The molecule has 0 unspecified atom stereocenters. The highest BCUT2D eigenvalue weighted by atomic mass is 79.9. The van der Waals surface area contributed by atoms with E-state index < -0.39 is 0 Å². The molecular weight excluding hydrogens is 142 g/mol. The second-order valence-corrected chi connectivity index (χ2v) is 3.54. The van der Waals surface area contributed by atoms with Crippen LogP contribution in [-0.4, -0.2) is 10.9 Å². The van der Waals surface area contributed by atoms with Crippen molar-refractivity contribution < 1.29 is 0 Å². The molecule has 1 aliphatic rings. The van der Waals surface area contributed by atoms with E-state index in [9.17, 15) is 0 Å². The van der Waals surface area contributed by atoms with Crippen molar-refractivity contribution in [2.75, 3.05) is 6.54 Å². The minimum Gasteiger partial charge on any atom is -0.329 e. The average Bonchev–Trinajstić information content (AvgIpc) is 2.22. The van der Waals surface area contributed by atoms with Crippen molar-refractivity contribution in [2.24, 2.45) is 5.73 Å². The van der Waals surface area contributed by atoms with Crippen molar-refractivity contribution in [3.63, 3.8) is 0 Å². The molecule has 2 heteroatoms. The van der Waals surface area contributed by atoms with Gasteiger partial charge in [-0.05, 0) is 12.8 Å². The van der Waals surface area contributed by atoms with Gasteiger partial charge in [-0.2, -0.15) is 0 Å². The van der Waals surface area contributed by atoms with Crippen molar-refractivity contribution in [1.29, 1.82) is 0 Å². The van der Waals surface area contributed by atoms with Crippen molar-refractivity contribution >= 4 is 15.9 Å². The Morgan fingerprint density at radius 1 is 1.67 bits per heavy atom. The molecule has 1 saturated carbocycles. The lowest BCUT2D eigenvalue weighted by Crippen LogP contribution is -2.13. The second-order valence-electron chi connectivity index (χ2n) is 1.86. The summed E-state index contributed by atoms with van der Waals surface area (Å²) in [6.07, 6.45) is 2.53. The molecule has 0 aliphatic heterocycles. The summed E-state index contributed by atoms with van der Waals surface area (Å²) in [6, 6.07) is 0. The first-order chi connectivity index (χ1) is 2.77. The van der Waals surface area contributed by atoms with Gasteiger partial charge in [-0.1, -0.05) is 15.9 Å². The Kier molecular flexibility index (Phi) is 0.922. The van der Waals surface area contributed by atoms with Crippen LogP contribution in [0.4, 0.5) is 0 Å². The second kappa shape index (κ2) is 1.20. The zero-order valence-electron chi connectivity index (χ0n) is 3.58. The van der Waals surface area contributed by atoms with Crippen LogP contribution < -0.4 is 5.73 Å². The van der Waals surface area contributed by atoms with Crippen molar-refractivity contribution in [2.45, 2.75) is 17.2 Å². The van der Waals surface area contributed by atoms with Gasteiger partial charge >= 0.3 is 0 Å². The number of nitrogens with two attached hydrogens (primary N) is 1. The molecule has 1 rings (SSSR count). The third-order valence-electron chi connectivity index (χ3n) is 1.16. The van der Waals surface area contributed by atoms with Crippen LogP contribution in [0.1, 0.15) is 12.8 Å². The molecule has 0 amide bonds. The van der Waals surface area contributed by atoms with E-state index in [1.54, 1.807) is 0 Å². The number of rotatable bonds is 1. The van der Waals surface area contributed by atoms with E-state index in [0.717, 1.165) is 6.54 Å². The molecule has 0 saturated heterocycles. The van der Waals surface area contributed by atoms with Gasteiger partial charge in [-0.3, -0.25) is 0 Å². The van der Waals surface area contributed by atoms with Gasteiger partial charge in [-0.15, -0.1) is 0 Å². The minimum atomic E-state index is 0.382. The maximum atomic E-state index is 5.32. The summed E-state index contributed by atoms with van der Waals surface area (Å²) in [6.45, 7) is 0.799. The van der Waals surface area contributed by atoms with Gasteiger partial charge in [0.2, 0.25) is 0 Å². The molecule has 0 radical (unpaired) electrons. The van der Waals surface area contributed by atoms with Crippen LogP contribution in [0.25, 0.3) is 0 Å². The SMILES string of the molecule is NCC1(Br)CC1.